The first kappa shape index (κ1) is 14.5. The highest BCUT2D eigenvalue weighted by atomic mass is 16.5. The van der Waals surface area contributed by atoms with Gasteiger partial charge in [0.25, 0.3) is 5.91 Å². The molecule has 1 heterocycles. The van der Waals surface area contributed by atoms with Crippen LogP contribution in [0.25, 0.3) is 0 Å². The minimum Gasteiger partial charge on any atom is -0.494 e. The standard InChI is InChI=1S/C14H18N2O4/c1-2-20-11-5-3-10(4-6-11)13(18)16-12(17)7-14(15)8-19-9-14/h3-6H,2,7-9,15H2,1H3,(H,16,17,18). The molecule has 1 aliphatic heterocycles. The zero-order valence-corrected chi connectivity index (χ0v) is 11.3. The number of carbonyl (C=O) groups is 2. The Morgan fingerprint density at radius 2 is 2.00 bits per heavy atom. The van der Waals surface area contributed by atoms with Crippen molar-refractivity contribution in [2.45, 2.75) is 18.9 Å². The molecule has 0 aliphatic carbocycles. The summed E-state index contributed by atoms with van der Waals surface area (Å²) in [6, 6.07) is 6.59. The molecule has 1 saturated heterocycles. The molecule has 20 heavy (non-hydrogen) atoms. The summed E-state index contributed by atoms with van der Waals surface area (Å²) in [4.78, 5) is 23.6. The van der Waals surface area contributed by atoms with E-state index in [9.17, 15) is 9.59 Å². The van der Waals surface area contributed by atoms with E-state index in [1.54, 1.807) is 24.3 Å². The summed E-state index contributed by atoms with van der Waals surface area (Å²) in [5.41, 5.74) is 5.62. The van der Waals surface area contributed by atoms with E-state index in [0.717, 1.165) is 0 Å². The van der Waals surface area contributed by atoms with Crippen LogP contribution < -0.4 is 15.8 Å². The van der Waals surface area contributed by atoms with Gasteiger partial charge in [0.1, 0.15) is 5.75 Å². The lowest BCUT2D eigenvalue weighted by Crippen LogP contribution is -2.59. The van der Waals surface area contributed by atoms with Crippen LogP contribution in [0.2, 0.25) is 0 Å². The van der Waals surface area contributed by atoms with Gasteiger partial charge < -0.3 is 15.2 Å². The topological polar surface area (TPSA) is 90.7 Å². The number of imide groups is 1. The van der Waals surface area contributed by atoms with Gasteiger partial charge in [-0.15, -0.1) is 0 Å². The second kappa shape index (κ2) is 6.02. The largest absolute Gasteiger partial charge is 0.494 e. The van der Waals surface area contributed by atoms with Crippen molar-refractivity contribution < 1.29 is 19.1 Å². The fraction of sp³-hybridized carbons (Fsp3) is 0.429. The summed E-state index contributed by atoms with van der Waals surface area (Å²) in [6.07, 6.45) is 0.0791. The Kier molecular flexibility index (Phi) is 4.36. The molecule has 0 saturated carbocycles. The van der Waals surface area contributed by atoms with Crippen LogP contribution >= 0.6 is 0 Å². The molecule has 0 unspecified atom stereocenters. The maximum atomic E-state index is 11.9. The predicted molar refractivity (Wildman–Crippen MR) is 72.4 cm³/mol. The van der Waals surface area contributed by atoms with E-state index in [4.69, 9.17) is 15.2 Å². The van der Waals surface area contributed by atoms with Crippen molar-refractivity contribution in [3.8, 4) is 5.75 Å². The third-order valence-corrected chi connectivity index (χ3v) is 2.97. The maximum absolute atomic E-state index is 11.9. The van der Waals surface area contributed by atoms with E-state index in [0.29, 0.717) is 31.1 Å². The first-order valence-corrected chi connectivity index (χ1v) is 6.46. The van der Waals surface area contributed by atoms with E-state index in [2.05, 4.69) is 5.32 Å². The molecule has 1 aromatic carbocycles. The minimum atomic E-state index is -0.636. The second-order valence-electron chi connectivity index (χ2n) is 4.87. The summed E-state index contributed by atoms with van der Waals surface area (Å²) < 4.78 is 10.2. The number of nitrogens with two attached hydrogens (primary N) is 1. The molecule has 108 valence electrons. The minimum absolute atomic E-state index is 0.0791. The zero-order valence-electron chi connectivity index (χ0n) is 11.3. The molecule has 6 heteroatoms. The number of rotatable bonds is 5. The molecule has 3 N–H and O–H groups in total. The maximum Gasteiger partial charge on any atom is 0.257 e. The van der Waals surface area contributed by atoms with E-state index in [1.165, 1.54) is 0 Å². The van der Waals surface area contributed by atoms with Crippen molar-refractivity contribution in [3.05, 3.63) is 29.8 Å². The van der Waals surface area contributed by atoms with E-state index < -0.39 is 17.4 Å². The van der Waals surface area contributed by atoms with Crippen molar-refractivity contribution >= 4 is 11.8 Å². The van der Waals surface area contributed by atoms with Crippen LogP contribution in [0, 0.1) is 0 Å². The first-order chi connectivity index (χ1) is 9.52. The Bertz CT molecular complexity index is 494. The lowest BCUT2D eigenvalue weighted by atomic mass is 9.94. The van der Waals surface area contributed by atoms with Crippen LogP contribution in [-0.4, -0.2) is 37.2 Å². The molecular formula is C14H18N2O4. The number of amides is 2. The number of hydrogen-bond donors (Lipinski definition) is 2. The lowest BCUT2D eigenvalue weighted by molar-refractivity contribution is -0.127. The van der Waals surface area contributed by atoms with E-state index in [1.807, 2.05) is 6.92 Å². The smallest absolute Gasteiger partial charge is 0.257 e. The average molecular weight is 278 g/mol. The molecule has 2 rings (SSSR count). The molecule has 1 aromatic rings. The van der Waals surface area contributed by atoms with Gasteiger partial charge >= 0.3 is 0 Å². The Balaban J connectivity index is 1.88. The predicted octanol–water partition coefficient (Wildman–Crippen LogP) is 0.460. The molecule has 1 aliphatic rings. The fourth-order valence-electron chi connectivity index (χ4n) is 1.90. The van der Waals surface area contributed by atoms with Gasteiger partial charge in [-0.25, -0.2) is 0 Å². The zero-order chi connectivity index (χ0) is 14.6. The summed E-state index contributed by atoms with van der Waals surface area (Å²) in [6.45, 7) is 3.13. The fourth-order valence-corrected chi connectivity index (χ4v) is 1.90. The van der Waals surface area contributed by atoms with E-state index in [-0.39, 0.29) is 6.42 Å². The molecule has 2 amide bonds. The molecule has 0 aromatic heterocycles. The SMILES string of the molecule is CCOc1ccc(C(=O)NC(=O)CC2(N)COC2)cc1. The van der Waals surface area contributed by atoms with Crippen LogP contribution in [0.3, 0.4) is 0 Å². The van der Waals surface area contributed by atoms with E-state index >= 15 is 0 Å². The van der Waals surface area contributed by atoms with Crippen molar-refractivity contribution in [2.24, 2.45) is 5.73 Å². The molecule has 0 radical (unpaired) electrons. The van der Waals surface area contributed by atoms with Gasteiger partial charge in [-0.05, 0) is 31.2 Å². The van der Waals surface area contributed by atoms with Crippen LogP contribution in [-0.2, 0) is 9.53 Å². The van der Waals surface area contributed by atoms with Crippen molar-refractivity contribution in [3.63, 3.8) is 0 Å². The monoisotopic (exact) mass is 278 g/mol. The highest BCUT2D eigenvalue weighted by Crippen LogP contribution is 2.17. The second-order valence-corrected chi connectivity index (χ2v) is 4.87. The third kappa shape index (κ3) is 3.55. The normalized spacial score (nSPS) is 16.1. The highest BCUT2D eigenvalue weighted by Gasteiger charge is 2.36. The number of hydrogen-bond acceptors (Lipinski definition) is 5. The Morgan fingerprint density at radius 3 is 2.50 bits per heavy atom. The van der Waals surface area contributed by atoms with Crippen LogP contribution in [0.5, 0.6) is 5.75 Å². The van der Waals surface area contributed by atoms with Crippen LogP contribution in [0.4, 0.5) is 0 Å². The van der Waals surface area contributed by atoms with Crippen molar-refractivity contribution in [1.82, 2.24) is 5.32 Å². The van der Waals surface area contributed by atoms with Gasteiger partial charge in [0.2, 0.25) is 5.91 Å². The Morgan fingerprint density at radius 1 is 1.35 bits per heavy atom. The average Bonchev–Trinajstić information content (AvgIpc) is 2.38. The molecule has 1 fully saturated rings. The summed E-state index contributed by atoms with van der Waals surface area (Å²) in [5.74, 6) is -0.153. The summed E-state index contributed by atoms with van der Waals surface area (Å²) in [7, 11) is 0. The summed E-state index contributed by atoms with van der Waals surface area (Å²) >= 11 is 0. The third-order valence-electron chi connectivity index (χ3n) is 2.97. The molecule has 0 atom stereocenters. The number of nitrogens with one attached hydrogen (secondary N) is 1. The number of ether oxygens (including phenoxy) is 2. The highest BCUT2D eigenvalue weighted by molar-refractivity contribution is 6.04. The van der Waals surface area contributed by atoms with Gasteiger partial charge in [0, 0.05) is 12.0 Å². The molecule has 6 nitrogen and oxygen atoms in total. The number of benzene rings is 1. The molecular weight excluding hydrogens is 260 g/mol. The Labute approximate surface area is 117 Å². The van der Waals surface area contributed by atoms with Crippen molar-refractivity contribution in [1.29, 1.82) is 0 Å². The van der Waals surface area contributed by atoms with Crippen LogP contribution in [0.1, 0.15) is 23.7 Å². The summed E-state index contributed by atoms with van der Waals surface area (Å²) in [5, 5.41) is 2.32. The molecule has 0 spiro atoms. The quantitative estimate of drug-likeness (QED) is 0.816. The number of carbonyl (C=O) groups excluding carboxylic acids is 2. The first-order valence-electron chi connectivity index (χ1n) is 6.46. The lowest BCUT2D eigenvalue weighted by Gasteiger charge is -2.36. The van der Waals surface area contributed by atoms with Gasteiger partial charge in [-0.1, -0.05) is 0 Å². The van der Waals surface area contributed by atoms with Gasteiger partial charge in [0.15, 0.2) is 0 Å². The van der Waals surface area contributed by atoms with Gasteiger partial charge in [0.05, 0.1) is 25.4 Å². The van der Waals surface area contributed by atoms with Crippen molar-refractivity contribution in [2.75, 3.05) is 19.8 Å². The van der Waals surface area contributed by atoms with Gasteiger partial charge in [-0.3, -0.25) is 14.9 Å². The van der Waals surface area contributed by atoms with Gasteiger partial charge in [-0.2, -0.15) is 0 Å². The Hall–Kier alpha value is -1.92. The molecule has 0 bridgehead atoms. The van der Waals surface area contributed by atoms with Crippen LogP contribution in [0.15, 0.2) is 24.3 Å².